The minimum absolute atomic E-state index is 0.183. The lowest BCUT2D eigenvalue weighted by molar-refractivity contribution is 0.322. The Morgan fingerprint density at radius 3 is 2.40 bits per heavy atom. The van der Waals surface area contributed by atoms with Crippen molar-refractivity contribution in [2.24, 2.45) is 0 Å². The van der Waals surface area contributed by atoms with E-state index in [4.69, 9.17) is 32.1 Å². The first-order chi connectivity index (χ1) is 14.6. The Hall–Kier alpha value is -2.76. The molecule has 1 fully saturated rings. The predicted molar refractivity (Wildman–Crippen MR) is 117 cm³/mol. The van der Waals surface area contributed by atoms with E-state index in [0.717, 1.165) is 31.5 Å². The lowest BCUT2D eigenvalue weighted by Crippen LogP contribution is -2.43. The lowest BCUT2D eigenvalue weighted by atomic mass is 10.0. The van der Waals surface area contributed by atoms with Crippen molar-refractivity contribution in [3.63, 3.8) is 0 Å². The molecular weight excluding hydrogens is 404 g/mol. The lowest BCUT2D eigenvalue weighted by Gasteiger charge is -2.35. The Labute approximate surface area is 182 Å². The number of nitrogens with zero attached hydrogens (tertiary/aromatic N) is 4. The van der Waals surface area contributed by atoms with Crippen molar-refractivity contribution in [1.82, 2.24) is 15.3 Å². The summed E-state index contributed by atoms with van der Waals surface area (Å²) in [6, 6.07) is 6.10. The van der Waals surface area contributed by atoms with Gasteiger partial charge in [0.05, 0.1) is 19.4 Å². The summed E-state index contributed by atoms with van der Waals surface area (Å²) in [5, 5.41) is 13.0. The van der Waals surface area contributed by atoms with Gasteiger partial charge in [0.25, 0.3) is 0 Å². The van der Waals surface area contributed by atoms with Crippen LogP contribution in [0.5, 0.6) is 11.5 Å². The Morgan fingerprint density at radius 2 is 1.87 bits per heavy atom. The fraction of sp³-hybridized carbons (Fsp3) is 0.476. The van der Waals surface area contributed by atoms with Crippen LogP contribution in [0.2, 0.25) is 5.02 Å². The highest BCUT2D eigenvalue weighted by Crippen LogP contribution is 2.37. The summed E-state index contributed by atoms with van der Waals surface area (Å²) in [6.07, 6.45) is 3.38. The number of nitriles is 1. The number of nitrogens with one attached hydrogen (secondary N) is 1. The van der Waals surface area contributed by atoms with Gasteiger partial charge >= 0.3 is 0 Å². The molecule has 30 heavy (non-hydrogen) atoms. The second-order valence-corrected chi connectivity index (χ2v) is 7.34. The van der Waals surface area contributed by atoms with Gasteiger partial charge in [-0.15, -0.1) is 0 Å². The molecule has 0 spiro atoms. The molecule has 0 unspecified atom stereocenters. The minimum Gasteiger partial charge on any atom is -0.492 e. The number of piperidine rings is 1. The summed E-state index contributed by atoms with van der Waals surface area (Å²) in [4.78, 5) is 11.0. The smallest absolute Gasteiger partial charge is 0.227 e. The van der Waals surface area contributed by atoms with Gasteiger partial charge in [-0.05, 0) is 57.5 Å². The third-order valence-electron chi connectivity index (χ3n) is 4.95. The molecule has 1 aliphatic heterocycles. The van der Waals surface area contributed by atoms with Crippen molar-refractivity contribution in [2.75, 3.05) is 36.9 Å². The first kappa shape index (κ1) is 21.9. The Balaban J connectivity index is 1.98. The van der Waals surface area contributed by atoms with E-state index in [1.807, 2.05) is 32.0 Å². The molecule has 160 valence electrons. The number of hydrogen-bond donors (Lipinski definition) is 2. The Kier molecular flexibility index (Phi) is 7.55. The zero-order valence-corrected chi connectivity index (χ0v) is 18.1. The van der Waals surface area contributed by atoms with Gasteiger partial charge < -0.3 is 25.4 Å². The van der Waals surface area contributed by atoms with Crippen molar-refractivity contribution in [2.45, 2.75) is 39.3 Å². The Bertz CT molecular complexity index is 884. The highest BCUT2D eigenvalue weighted by molar-refractivity contribution is 6.33. The van der Waals surface area contributed by atoms with Crippen LogP contribution in [-0.4, -0.2) is 42.3 Å². The number of rotatable bonds is 8. The first-order valence-electron chi connectivity index (χ1n) is 10.1. The van der Waals surface area contributed by atoms with Crippen LogP contribution in [0.15, 0.2) is 18.3 Å². The molecule has 0 aliphatic carbocycles. The molecule has 0 bridgehead atoms. The van der Waals surface area contributed by atoms with E-state index in [0.29, 0.717) is 42.2 Å². The van der Waals surface area contributed by atoms with E-state index in [1.165, 1.54) is 6.20 Å². The summed E-state index contributed by atoms with van der Waals surface area (Å²) in [7, 11) is 0. The number of ether oxygens (including phenoxy) is 2. The van der Waals surface area contributed by atoms with Crippen molar-refractivity contribution in [1.29, 1.82) is 5.26 Å². The fourth-order valence-corrected chi connectivity index (χ4v) is 3.75. The third-order valence-corrected chi connectivity index (χ3v) is 5.32. The van der Waals surface area contributed by atoms with Gasteiger partial charge in [-0.2, -0.15) is 10.2 Å². The van der Waals surface area contributed by atoms with Gasteiger partial charge in [0.15, 0.2) is 0 Å². The predicted octanol–water partition coefficient (Wildman–Crippen LogP) is 3.14. The van der Waals surface area contributed by atoms with Gasteiger partial charge in [-0.1, -0.05) is 11.6 Å². The van der Waals surface area contributed by atoms with Gasteiger partial charge in [0.1, 0.15) is 34.0 Å². The molecule has 3 rings (SSSR count). The molecular formula is C21H27ClN6O2. The summed E-state index contributed by atoms with van der Waals surface area (Å²) in [5.41, 5.74) is 7.21. The van der Waals surface area contributed by atoms with Crippen LogP contribution in [-0.2, 0) is 6.54 Å². The number of anilines is 2. The highest BCUT2D eigenvalue weighted by Gasteiger charge is 2.25. The highest BCUT2D eigenvalue weighted by atomic mass is 35.5. The molecule has 1 aromatic heterocycles. The monoisotopic (exact) mass is 430 g/mol. The Morgan fingerprint density at radius 1 is 1.23 bits per heavy atom. The van der Waals surface area contributed by atoms with Gasteiger partial charge in [0.2, 0.25) is 5.95 Å². The van der Waals surface area contributed by atoms with Crippen LogP contribution in [0.3, 0.4) is 0 Å². The van der Waals surface area contributed by atoms with Crippen LogP contribution in [0.4, 0.5) is 11.8 Å². The van der Waals surface area contributed by atoms with Crippen molar-refractivity contribution >= 4 is 23.4 Å². The second kappa shape index (κ2) is 10.3. The number of aromatic nitrogens is 2. The number of benzene rings is 1. The standard InChI is InChI=1S/C21H27ClN6O2/c1-3-29-17-9-14(10-18(19(17)22)30-4-2)13-28(16-5-7-25-8-6-16)21-26-12-15(11-23)20(24)27-21/h9-10,12,16,25H,3-8,13H2,1-2H3,(H2,24,26,27). The summed E-state index contributed by atoms with van der Waals surface area (Å²) >= 11 is 6.45. The van der Waals surface area contributed by atoms with Crippen LogP contribution in [0, 0.1) is 11.3 Å². The topological polar surface area (TPSA) is 109 Å². The quantitative estimate of drug-likeness (QED) is 0.657. The maximum Gasteiger partial charge on any atom is 0.227 e. The van der Waals surface area contributed by atoms with E-state index >= 15 is 0 Å². The van der Waals surface area contributed by atoms with Crippen LogP contribution >= 0.6 is 11.6 Å². The number of nitrogen functional groups attached to an aromatic ring is 1. The van der Waals surface area contributed by atoms with Crippen molar-refractivity contribution < 1.29 is 9.47 Å². The molecule has 0 amide bonds. The largest absolute Gasteiger partial charge is 0.492 e. The molecule has 0 radical (unpaired) electrons. The van der Waals surface area contributed by atoms with Crippen LogP contribution in [0.1, 0.15) is 37.8 Å². The molecule has 8 nitrogen and oxygen atoms in total. The SMILES string of the molecule is CCOc1cc(CN(c2ncc(C#N)c(N)n2)C2CCNCC2)cc(OCC)c1Cl. The molecule has 0 saturated carbocycles. The number of halogens is 1. The van der Waals surface area contributed by atoms with Crippen molar-refractivity contribution in [3.8, 4) is 17.6 Å². The van der Waals surface area contributed by atoms with Crippen molar-refractivity contribution in [3.05, 3.63) is 34.5 Å². The first-order valence-corrected chi connectivity index (χ1v) is 10.5. The molecule has 0 atom stereocenters. The zero-order chi connectivity index (χ0) is 21.5. The maximum absolute atomic E-state index is 9.15. The summed E-state index contributed by atoms with van der Waals surface area (Å²) in [6.45, 7) is 7.21. The maximum atomic E-state index is 9.15. The molecule has 1 aliphatic rings. The summed E-state index contributed by atoms with van der Waals surface area (Å²) in [5.74, 6) is 1.86. The zero-order valence-electron chi connectivity index (χ0n) is 17.3. The van der Waals surface area contributed by atoms with E-state index in [1.54, 1.807) is 0 Å². The molecule has 1 saturated heterocycles. The summed E-state index contributed by atoms with van der Waals surface area (Å²) < 4.78 is 11.4. The minimum atomic E-state index is 0.183. The molecule has 3 N–H and O–H groups in total. The molecule has 9 heteroatoms. The fourth-order valence-electron chi connectivity index (χ4n) is 3.53. The van der Waals surface area contributed by atoms with E-state index in [2.05, 4.69) is 20.2 Å². The average molecular weight is 431 g/mol. The molecule has 2 aromatic rings. The third kappa shape index (κ3) is 5.04. The van der Waals surface area contributed by atoms with Gasteiger partial charge in [0, 0.05) is 12.6 Å². The van der Waals surface area contributed by atoms with Gasteiger partial charge in [-0.3, -0.25) is 0 Å². The number of nitrogens with two attached hydrogens (primary N) is 1. The molecule has 2 heterocycles. The van der Waals surface area contributed by atoms with Crippen LogP contribution in [0.25, 0.3) is 0 Å². The van der Waals surface area contributed by atoms with Gasteiger partial charge in [-0.25, -0.2) is 4.98 Å². The number of hydrogen-bond acceptors (Lipinski definition) is 8. The van der Waals surface area contributed by atoms with E-state index in [-0.39, 0.29) is 17.4 Å². The molecule has 1 aromatic carbocycles. The van der Waals surface area contributed by atoms with E-state index in [9.17, 15) is 0 Å². The van der Waals surface area contributed by atoms with E-state index < -0.39 is 0 Å². The average Bonchev–Trinajstić information content (AvgIpc) is 2.76. The second-order valence-electron chi connectivity index (χ2n) is 6.96. The normalized spacial score (nSPS) is 14.2. The van der Waals surface area contributed by atoms with Crippen LogP contribution < -0.4 is 25.4 Å².